The van der Waals surface area contributed by atoms with Crippen LogP contribution in [-0.4, -0.2) is 87.7 Å². The predicted molar refractivity (Wildman–Crippen MR) is 108 cm³/mol. The van der Waals surface area contributed by atoms with Crippen LogP contribution in [0.25, 0.3) is 0 Å². The summed E-state index contributed by atoms with van der Waals surface area (Å²) in [6.45, 7) is 12.3. The molecule has 1 fully saturated rings. The Bertz CT molecular complexity index is 418. The van der Waals surface area contributed by atoms with Gasteiger partial charge in [-0.2, -0.15) is 0 Å². The number of hydrogen-bond donors (Lipinski definition) is 2. The van der Waals surface area contributed by atoms with Crippen LogP contribution in [0, 0.1) is 5.92 Å². The Balaban J connectivity index is 2.69. The molecule has 1 aliphatic rings. The molecule has 0 aromatic carbocycles. The van der Waals surface area contributed by atoms with E-state index in [0.717, 1.165) is 58.2 Å². The Morgan fingerprint density at radius 1 is 1.15 bits per heavy atom. The molecule has 1 rings (SSSR count). The molecule has 1 heterocycles. The molecule has 0 aromatic heterocycles. The molecule has 0 radical (unpaired) electrons. The number of aliphatic imine (C=N–C) groups is 1. The van der Waals surface area contributed by atoms with Gasteiger partial charge in [-0.25, -0.2) is 0 Å². The lowest BCUT2D eigenvalue weighted by atomic mass is 9.92. The van der Waals surface area contributed by atoms with Gasteiger partial charge in [-0.15, -0.1) is 0 Å². The van der Waals surface area contributed by atoms with E-state index in [4.69, 9.17) is 9.73 Å². The van der Waals surface area contributed by atoms with Crippen LogP contribution < -0.4 is 10.6 Å². The second kappa shape index (κ2) is 12.9. The van der Waals surface area contributed by atoms with Gasteiger partial charge >= 0.3 is 0 Å². The van der Waals surface area contributed by atoms with Crippen LogP contribution in [0.1, 0.15) is 40.0 Å². The van der Waals surface area contributed by atoms with Gasteiger partial charge in [0.1, 0.15) is 0 Å². The van der Waals surface area contributed by atoms with E-state index in [1.807, 2.05) is 0 Å². The Labute approximate surface area is 159 Å². The van der Waals surface area contributed by atoms with Crippen molar-refractivity contribution in [2.45, 2.75) is 46.1 Å². The zero-order chi connectivity index (χ0) is 19.4. The Kier molecular flexibility index (Phi) is 11.3. The highest BCUT2D eigenvalue weighted by Crippen LogP contribution is 2.20. The molecule has 0 aliphatic carbocycles. The third-order valence-electron chi connectivity index (χ3n) is 5.02. The monoisotopic (exact) mass is 369 g/mol. The van der Waals surface area contributed by atoms with Crippen molar-refractivity contribution in [2.24, 2.45) is 10.9 Å². The van der Waals surface area contributed by atoms with Crippen molar-refractivity contribution in [2.75, 3.05) is 60.0 Å². The van der Waals surface area contributed by atoms with Crippen LogP contribution in [0.4, 0.5) is 0 Å². The lowest BCUT2D eigenvalue weighted by Crippen LogP contribution is -2.49. The summed E-state index contributed by atoms with van der Waals surface area (Å²) in [6.07, 6.45) is 2.79. The molecule has 1 saturated heterocycles. The first kappa shape index (κ1) is 22.7. The van der Waals surface area contributed by atoms with E-state index in [-0.39, 0.29) is 5.91 Å². The molecule has 1 aliphatic heterocycles. The van der Waals surface area contributed by atoms with Crippen molar-refractivity contribution in [3.05, 3.63) is 0 Å². The molecule has 0 bridgehead atoms. The van der Waals surface area contributed by atoms with Gasteiger partial charge in [-0.05, 0) is 12.8 Å². The normalized spacial score (nSPS) is 17.2. The standard InChI is InChI=1S/C19H39N5O2/c1-6-16(7-2)17(24-11-13-26-14-12-24)15-22-19(20-8-3)21-10-9-18(25)23(4)5/h16-17H,6-15H2,1-5H3,(H2,20,21,22). The second-order valence-corrected chi connectivity index (χ2v) is 6.98. The van der Waals surface area contributed by atoms with E-state index < -0.39 is 0 Å². The third-order valence-corrected chi connectivity index (χ3v) is 5.02. The molecule has 0 spiro atoms. The van der Waals surface area contributed by atoms with Crippen LogP contribution in [0.3, 0.4) is 0 Å². The highest BCUT2D eigenvalue weighted by molar-refractivity contribution is 5.81. The van der Waals surface area contributed by atoms with Gasteiger partial charge in [-0.3, -0.25) is 14.7 Å². The first-order valence-electron chi connectivity index (χ1n) is 10.1. The number of guanidine groups is 1. The first-order valence-corrected chi connectivity index (χ1v) is 10.1. The number of amides is 1. The molecule has 7 heteroatoms. The Morgan fingerprint density at radius 2 is 1.81 bits per heavy atom. The Hall–Kier alpha value is -1.34. The zero-order valence-electron chi connectivity index (χ0n) is 17.4. The van der Waals surface area contributed by atoms with Crippen molar-refractivity contribution >= 4 is 11.9 Å². The number of ether oxygens (including phenoxy) is 1. The Morgan fingerprint density at radius 3 is 2.35 bits per heavy atom. The summed E-state index contributed by atoms with van der Waals surface area (Å²) in [6, 6.07) is 0.438. The van der Waals surface area contributed by atoms with Gasteiger partial charge in [0.2, 0.25) is 5.91 Å². The summed E-state index contributed by atoms with van der Waals surface area (Å²) < 4.78 is 5.52. The smallest absolute Gasteiger partial charge is 0.223 e. The number of nitrogens with zero attached hydrogens (tertiary/aromatic N) is 3. The maximum absolute atomic E-state index is 11.7. The third kappa shape index (κ3) is 7.91. The minimum atomic E-state index is 0.122. The van der Waals surface area contributed by atoms with E-state index in [2.05, 4.69) is 36.3 Å². The minimum absolute atomic E-state index is 0.122. The number of rotatable bonds is 10. The molecule has 2 N–H and O–H groups in total. The molecule has 152 valence electrons. The molecule has 26 heavy (non-hydrogen) atoms. The highest BCUT2D eigenvalue weighted by atomic mass is 16.5. The summed E-state index contributed by atoms with van der Waals surface area (Å²) >= 11 is 0. The SMILES string of the molecule is CCNC(=NCC(C(CC)CC)N1CCOCC1)NCCC(=O)N(C)C. The van der Waals surface area contributed by atoms with Crippen LogP contribution in [0.15, 0.2) is 4.99 Å². The van der Waals surface area contributed by atoms with Crippen LogP contribution in [0.2, 0.25) is 0 Å². The molecule has 1 atom stereocenters. The van der Waals surface area contributed by atoms with Crippen molar-refractivity contribution in [3.63, 3.8) is 0 Å². The molecular formula is C19H39N5O2. The van der Waals surface area contributed by atoms with Crippen molar-refractivity contribution < 1.29 is 9.53 Å². The topological polar surface area (TPSA) is 69.2 Å². The van der Waals surface area contributed by atoms with Crippen molar-refractivity contribution in [1.82, 2.24) is 20.4 Å². The van der Waals surface area contributed by atoms with Gasteiger partial charge in [0.15, 0.2) is 5.96 Å². The van der Waals surface area contributed by atoms with Crippen molar-refractivity contribution in [3.8, 4) is 0 Å². The first-order chi connectivity index (χ1) is 12.5. The number of morpholine rings is 1. The molecule has 1 amide bonds. The van der Waals surface area contributed by atoms with Crippen LogP contribution >= 0.6 is 0 Å². The van der Waals surface area contributed by atoms with E-state index in [1.54, 1.807) is 19.0 Å². The molecular weight excluding hydrogens is 330 g/mol. The maximum atomic E-state index is 11.7. The summed E-state index contributed by atoms with van der Waals surface area (Å²) in [5.41, 5.74) is 0. The zero-order valence-corrected chi connectivity index (χ0v) is 17.4. The largest absolute Gasteiger partial charge is 0.379 e. The van der Waals surface area contributed by atoms with Gasteiger partial charge in [0, 0.05) is 52.7 Å². The number of carbonyl (C=O) groups excluding carboxylic acids is 1. The molecule has 7 nitrogen and oxygen atoms in total. The fourth-order valence-electron chi connectivity index (χ4n) is 3.34. The lowest BCUT2D eigenvalue weighted by Gasteiger charge is -2.38. The molecule has 0 saturated carbocycles. The summed E-state index contributed by atoms with van der Waals surface area (Å²) in [4.78, 5) is 20.7. The van der Waals surface area contributed by atoms with Crippen molar-refractivity contribution in [1.29, 1.82) is 0 Å². The van der Waals surface area contributed by atoms with Gasteiger partial charge in [0.05, 0.1) is 19.8 Å². The average molecular weight is 370 g/mol. The summed E-state index contributed by atoms with van der Waals surface area (Å²) in [7, 11) is 3.56. The average Bonchev–Trinajstić information content (AvgIpc) is 2.65. The number of hydrogen-bond acceptors (Lipinski definition) is 4. The molecule has 0 aromatic rings. The number of nitrogens with one attached hydrogen (secondary N) is 2. The minimum Gasteiger partial charge on any atom is -0.379 e. The van der Waals surface area contributed by atoms with Crippen LogP contribution in [0.5, 0.6) is 0 Å². The summed E-state index contributed by atoms with van der Waals surface area (Å²) in [5.74, 6) is 1.55. The quantitative estimate of drug-likeness (QED) is 0.447. The van der Waals surface area contributed by atoms with Gasteiger partial charge < -0.3 is 20.3 Å². The maximum Gasteiger partial charge on any atom is 0.223 e. The fourth-order valence-corrected chi connectivity index (χ4v) is 3.34. The van der Waals surface area contributed by atoms with Crippen LogP contribution in [-0.2, 0) is 9.53 Å². The van der Waals surface area contributed by atoms with E-state index in [0.29, 0.717) is 24.9 Å². The summed E-state index contributed by atoms with van der Waals surface area (Å²) in [5, 5.41) is 6.58. The van der Waals surface area contributed by atoms with E-state index in [9.17, 15) is 4.79 Å². The predicted octanol–water partition coefficient (Wildman–Crippen LogP) is 1.16. The van der Waals surface area contributed by atoms with E-state index in [1.165, 1.54) is 0 Å². The lowest BCUT2D eigenvalue weighted by molar-refractivity contribution is -0.128. The number of carbonyl (C=O) groups is 1. The van der Waals surface area contributed by atoms with Gasteiger partial charge in [-0.1, -0.05) is 26.7 Å². The highest BCUT2D eigenvalue weighted by Gasteiger charge is 2.26. The second-order valence-electron chi connectivity index (χ2n) is 6.98. The van der Waals surface area contributed by atoms with Gasteiger partial charge in [0.25, 0.3) is 0 Å². The fraction of sp³-hybridized carbons (Fsp3) is 0.895. The molecule has 1 unspecified atom stereocenters. The van der Waals surface area contributed by atoms with E-state index >= 15 is 0 Å².